The van der Waals surface area contributed by atoms with Gasteiger partial charge in [-0.2, -0.15) is 0 Å². The zero-order chi connectivity index (χ0) is 21.1. The van der Waals surface area contributed by atoms with Crippen LogP contribution < -0.4 is 15.0 Å². The molecule has 4 rings (SSSR count). The first kappa shape index (κ1) is 20.2. The Morgan fingerprint density at radius 2 is 2.00 bits per heavy atom. The largest absolute Gasteiger partial charge is 0.481 e. The Morgan fingerprint density at radius 3 is 2.83 bits per heavy atom. The van der Waals surface area contributed by atoms with Crippen LogP contribution >= 0.6 is 0 Å². The summed E-state index contributed by atoms with van der Waals surface area (Å²) >= 11 is 0. The highest BCUT2D eigenvalue weighted by molar-refractivity contribution is 5.93. The van der Waals surface area contributed by atoms with E-state index in [1.807, 2.05) is 50.2 Å². The molecule has 0 radical (unpaired) electrons. The quantitative estimate of drug-likeness (QED) is 0.643. The van der Waals surface area contributed by atoms with Gasteiger partial charge in [0.1, 0.15) is 17.1 Å². The number of benzene rings is 2. The fourth-order valence-electron chi connectivity index (χ4n) is 4.02. The highest BCUT2D eigenvalue weighted by Gasteiger charge is 2.18. The van der Waals surface area contributed by atoms with Crippen molar-refractivity contribution < 1.29 is 9.53 Å². The Morgan fingerprint density at radius 1 is 1.17 bits per heavy atom. The van der Waals surface area contributed by atoms with Crippen LogP contribution in [0, 0.1) is 19.8 Å². The molecule has 156 valence electrons. The number of carbonyl (C=O) groups excluding carboxylic acids is 1. The topological polar surface area (TPSA) is 54.5 Å². The fraction of sp³-hybridized carbons (Fsp3) is 0.360. The SMILES string of the molecule is Cc1cccc(NC(=O)COc2cccc3ccc(N4CCC[C@@H](C)C4)nc23)c1C. The maximum Gasteiger partial charge on any atom is 0.262 e. The number of anilines is 2. The highest BCUT2D eigenvalue weighted by Crippen LogP contribution is 2.28. The van der Waals surface area contributed by atoms with Gasteiger partial charge in [-0.3, -0.25) is 4.79 Å². The number of hydrogen-bond donors (Lipinski definition) is 1. The maximum absolute atomic E-state index is 12.5. The lowest BCUT2D eigenvalue weighted by molar-refractivity contribution is -0.118. The predicted molar refractivity (Wildman–Crippen MR) is 122 cm³/mol. The predicted octanol–water partition coefficient (Wildman–Crippen LogP) is 5.11. The van der Waals surface area contributed by atoms with Gasteiger partial charge in [0, 0.05) is 24.2 Å². The van der Waals surface area contributed by atoms with Gasteiger partial charge in [-0.25, -0.2) is 4.98 Å². The van der Waals surface area contributed by atoms with E-state index in [0.29, 0.717) is 11.7 Å². The summed E-state index contributed by atoms with van der Waals surface area (Å²) in [5, 5.41) is 3.96. The van der Waals surface area contributed by atoms with Crippen LogP contribution in [-0.4, -0.2) is 30.6 Å². The van der Waals surface area contributed by atoms with Crippen LogP contribution in [0.5, 0.6) is 5.75 Å². The van der Waals surface area contributed by atoms with Crippen molar-refractivity contribution in [2.45, 2.75) is 33.6 Å². The summed E-state index contributed by atoms with van der Waals surface area (Å²) in [6.07, 6.45) is 2.46. The van der Waals surface area contributed by atoms with Gasteiger partial charge in [0.05, 0.1) is 0 Å². The van der Waals surface area contributed by atoms with Gasteiger partial charge in [0.15, 0.2) is 6.61 Å². The third-order valence-electron chi connectivity index (χ3n) is 5.89. The molecule has 1 fully saturated rings. The summed E-state index contributed by atoms with van der Waals surface area (Å²) in [6.45, 7) is 8.33. The molecular weight excluding hydrogens is 374 g/mol. The molecule has 0 aliphatic carbocycles. The zero-order valence-corrected chi connectivity index (χ0v) is 17.9. The molecule has 0 saturated carbocycles. The number of amides is 1. The summed E-state index contributed by atoms with van der Waals surface area (Å²) in [5.74, 6) is 2.11. The van der Waals surface area contributed by atoms with E-state index in [1.165, 1.54) is 12.8 Å². The normalized spacial score (nSPS) is 16.5. The molecule has 1 aliphatic rings. The monoisotopic (exact) mass is 403 g/mol. The number of hydrogen-bond acceptors (Lipinski definition) is 4. The second kappa shape index (κ2) is 8.74. The molecule has 0 spiro atoms. The standard InChI is InChI=1S/C25H29N3O2/c1-17-7-6-14-28(15-17)23-13-12-20-9-5-11-22(25(20)27-23)30-16-24(29)26-21-10-4-8-18(2)19(21)3/h4-5,8-13,17H,6-7,14-16H2,1-3H3,(H,26,29)/t17-/m1/s1. The van der Waals surface area contributed by atoms with E-state index in [1.54, 1.807) is 0 Å². The smallest absolute Gasteiger partial charge is 0.262 e. The second-order valence-corrected chi connectivity index (χ2v) is 8.28. The molecule has 1 amide bonds. The van der Waals surface area contributed by atoms with Crippen LogP contribution in [0.15, 0.2) is 48.5 Å². The van der Waals surface area contributed by atoms with Crippen molar-refractivity contribution in [1.29, 1.82) is 0 Å². The molecule has 5 heteroatoms. The maximum atomic E-state index is 12.5. The van der Waals surface area contributed by atoms with E-state index in [9.17, 15) is 4.79 Å². The van der Waals surface area contributed by atoms with Crippen molar-refractivity contribution in [2.75, 3.05) is 29.9 Å². The summed E-state index contributed by atoms with van der Waals surface area (Å²) < 4.78 is 5.89. The Labute approximate surface area is 178 Å². The molecule has 0 unspecified atom stereocenters. The molecule has 1 saturated heterocycles. The lowest BCUT2D eigenvalue weighted by atomic mass is 10.0. The molecule has 1 aromatic heterocycles. The van der Waals surface area contributed by atoms with Gasteiger partial charge in [-0.1, -0.05) is 31.2 Å². The number of aryl methyl sites for hydroxylation is 1. The van der Waals surface area contributed by atoms with Gasteiger partial charge < -0.3 is 15.0 Å². The van der Waals surface area contributed by atoms with Crippen LogP contribution in [0.1, 0.15) is 30.9 Å². The summed E-state index contributed by atoms with van der Waals surface area (Å²) in [7, 11) is 0. The van der Waals surface area contributed by atoms with Crippen LogP contribution in [0.4, 0.5) is 11.5 Å². The molecule has 2 aromatic carbocycles. The molecule has 1 atom stereocenters. The van der Waals surface area contributed by atoms with Crippen molar-refractivity contribution in [3.8, 4) is 5.75 Å². The molecule has 0 bridgehead atoms. The minimum Gasteiger partial charge on any atom is -0.481 e. The van der Waals surface area contributed by atoms with Crippen molar-refractivity contribution >= 4 is 28.3 Å². The number of nitrogens with zero attached hydrogens (tertiary/aromatic N) is 2. The third kappa shape index (κ3) is 4.40. The van der Waals surface area contributed by atoms with Gasteiger partial charge in [-0.05, 0) is 68.0 Å². The van der Waals surface area contributed by atoms with Crippen molar-refractivity contribution in [3.05, 3.63) is 59.7 Å². The number of nitrogens with one attached hydrogen (secondary N) is 1. The summed E-state index contributed by atoms with van der Waals surface area (Å²) in [5.41, 5.74) is 3.83. The average molecular weight is 404 g/mol. The molecule has 3 aromatic rings. The third-order valence-corrected chi connectivity index (χ3v) is 5.89. The van der Waals surface area contributed by atoms with E-state index in [0.717, 1.165) is 46.6 Å². The fourth-order valence-corrected chi connectivity index (χ4v) is 4.02. The summed E-state index contributed by atoms with van der Waals surface area (Å²) in [4.78, 5) is 19.7. The lowest BCUT2D eigenvalue weighted by Crippen LogP contribution is -2.34. The van der Waals surface area contributed by atoms with Crippen LogP contribution in [-0.2, 0) is 4.79 Å². The van der Waals surface area contributed by atoms with E-state index in [-0.39, 0.29) is 12.5 Å². The van der Waals surface area contributed by atoms with E-state index >= 15 is 0 Å². The van der Waals surface area contributed by atoms with E-state index in [4.69, 9.17) is 9.72 Å². The molecular formula is C25H29N3O2. The number of aromatic nitrogens is 1. The van der Waals surface area contributed by atoms with Crippen LogP contribution in [0.25, 0.3) is 10.9 Å². The highest BCUT2D eigenvalue weighted by atomic mass is 16.5. The molecule has 5 nitrogen and oxygen atoms in total. The lowest BCUT2D eigenvalue weighted by Gasteiger charge is -2.32. The minimum absolute atomic E-state index is 0.0564. The molecule has 2 heterocycles. The first-order chi connectivity index (χ1) is 14.5. The number of ether oxygens (including phenoxy) is 1. The van der Waals surface area contributed by atoms with Crippen LogP contribution in [0.3, 0.4) is 0 Å². The first-order valence-electron chi connectivity index (χ1n) is 10.6. The minimum atomic E-state index is -0.179. The summed E-state index contributed by atoms with van der Waals surface area (Å²) in [6, 6.07) is 15.9. The van der Waals surface area contributed by atoms with Gasteiger partial charge in [0.25, 0.3) is 5.91 Å². The van der Waals surface area contributed by atoms with E-state index < -0.39 is 0 Å². The second-order valence-electron chi connectivity index (χ2n) is 8.28. The average Bonchev–Trinajstić information content (AvgIpc) is 2.75. The number of para-hydroxylation sites is 1. The molecule has 30 heavy (non-hydrogen) atoms. The van der Waals surface area contributed by atoms with Gasteiger partial charge >= 0.3 is 0 Å². The first-order valence-corrected chi connectivity index (χ1v) is 10.6. The number of pyridine rings is 1. The Bertz CT molecular complexity index is 1060. The zero-order valence-electron chi connectivity index (χ0n) is 17.9. The number of rotatable bonds is 5. The van der Waals surface area contributed by atoms with Gasteiger partial charge in [0.2, 0.25) is 0 Å². The van der Waals surface area contributed by atoms with Crippen molar-refractivity contribution in [2.24, 2.45) is 5.92 Å². The van der Waals surface area contributed by atoms with Gasteiger partial charge in [-0.15, -0.1) is 0 Å². The Balaban J connectivity index is 1.50. The Kier molecular flexibility index (Phi) is 5.88. The number of carbonyl (C=O) groups is 1. The molecule has 1 N–H and O–H groups in total. The number of fused-ring (bicyclic) bond motifs is 1. The van der Waals surface area contributed by atoms with Crippen LogP contribution in [0.2, 0.25) is 0 Å². The van der Waals surface area contributed by atoms with E-state index in [2.05, 4.69) is 29.3 Å². The van der Waals surface area contributed by atoms with Crippen molar-refractivity contribution in [3.63, 3.8) is 0 Å². The Hall–Kier alpha value is -3.08. The van der Waals surface area contributed by atoms with Crippen molar-refractivity contribution in [1.82, 2.24) is 4.98 Å². The molecule has 1 aliphatic heterocycles. The number of piperidine rings is 1.